The second-order valence-electron chi connectivity index (χ2n) is 8.61. The Labute approximate surface area is 169 Å². The molecule has 0 radical (unpaired) electrons. The van der Waals surface area contributed by atoms with Gasteiger partial charge in [-0.2, -0.15) is 4.98 Å². The molecule has 0 unspecified atom stereocenters. The van der Waals surface area contributed by atoms with Crippen LogP contribution in [-0.4, -0.2) is 29.1 Å². The average molecular weight is 396 g/mol. The standard InChI is InChI=1S/C21H24N4O4/c1-11-6-8-13(15-16(11)28-10-20(15,2)3)29-14-9-7-12(17(22)23-14)25-18(26)21(4,5)24-19(25)27/h6-9H,10H2,1-5H3,(H2,22,23)(H,24,27). The van der Waals surface area contributed by atoms with Crippen molar-refractivity contribution >= 4 is 23.4 Å². The van der Waals surface area contributed by atoms with Gasteiger partial charge in [-0.1, -0.05) is 19.9 Å². The number of rotatable bonds is 3. The predicted octanol–water partition coefficient (Wildman–Crippen LogP) is 3.27. The number of pyridine rings is 1. The number of amides is 3. The molecular formula is C21H24N4O4. The van der Waals surface area contributed by atoms with Crippen molar-refractivity contribution in [1.82, 2.24) is 10.3 Å². The first-order valence-corrected chi connectivity index (χ1v) is 9.39. The summed E-state index contributed by atoms with van der Waals surface area (Å²) in [6, 6.07) is 6.44. The number of ether oxygens (including phenoxy) is 2. The molecule has 3 amide bonds. The largest absolute Gasteiger partial charge is 0.492 e. The van der Waals surface area contributed by atoms with E-state index in [1.54, 1.807) is 26.0 Å². The van der Waals surface area contributed by atoms with Crippen LogP contribution in [0.1, 0.15) is 38.8 Å². The summed E-state index contributed by atoms with van der Waals surface area (Å²) >= 11 is 0. The third-order valence-corrected chi connectivity index (χ3v) is 5.26. The Hall–Kier alpha value is -3.29. The number of carbonyl (C=O) groups excluding carboxylic acids is 2. The van der Waals surface area contributed by atoms with Crippen LogP contribution < -0.4 is 25.4 Å². The monoisotopic (exact) mass is 396 g/mol. The van der Waals surface area contributed by atoms with Crippen LogP contribution in [0, 0.1) is 6.92 Å². The summed E-state index contributed by atoms with van der Waals surface area (Å²) in [5.74, 6) is 1.39. The van der Waals surface area contributed by atoms with Crippen molar-refractivity contribution in [3.8, 4) is 17.4 Å². The van der Waals surface area contributed by atoms with Crippen molar-refractivity contribution in [2.24, 2.45) is 0 Å². The topological polar surface area (TPSA) is 107 Å². The highest BCUT2D eigenvalue weighted by Gasteiger charge is 2.46. The number of nitrogens with two attached hydrogens (primary N) is 1. The summed E-state index contributed by atoms with van der Waals surface area (Å²) < 4.78 is 11.9. The first-order valence-electron chi connectivity index (χ1n) is 9.39. The van der Waals surface area contributed by atoms with Crippen LogP contribution in [0.5, 0.6) is 17.4 Å². The van der Waals surface area contributed by atoms with E-state index in [2.05, 4.69) is 24.1 Å². The summed E-state index contributed by atoms with van der Waals surface area (Å²) in [4.78, 5) is 30.0. The third-order valence-electron chi connectivity index (χ3n) is 5.26. The van der Waals surface area contributed by atoms with E-state index in [0.29, 0.717) is 12.4 Å². The number of hydrogen-bond donors (Lipinski definition) is 2. The fourth-order valence-electron chi connectivity index (χ4n) is 3.68. The molecule has 29 heavy (non-hydrogen) atoms. The molecule has 152 valence electrons. The van der Waals surface area contributed by atoms with E-state index < -0.39 is 11.6 Å². The SMILES string of the molecule is Cc1ccc(Oc2ccc(N3C(=O)NC(C)(C)C3=O)c(N)n2)c2c1OCC2(C)C. The molecular weight excluding hydrogens is 372 g/mol. The van der Waals surface area contributed by atoms with Crippen molar-refractivity contribution in [2.45, 2.75) is 45.6 Å². The maximum absolute atomic E-state index is 12.5. The predicted molar refractivity (Wildman–Crippen MR) is 109 cm³/mol. The smallest absolute Gasteiger partial charge is 0.329 e. The number of aryl methyl sites for hydroxylation is 1. The lowest BCUT2D eigenvalue weighted by Crippen LogP contribution is -2.40. The van der Waals surface area contributed by atoms with Crippen LogP contribution in [0.15, 0.2) is 24.3 Å². The summed E-state index contributed by atoms with van der Waals surface area (Å²) in [5.41, 5.74) is 7.13. The Balaban J connectivity index is 1.67. The van der Waals surface area contributed by atoms with Crippen LogP contribution >= 0.6 is 0 Å². The molecule has 2 aliphatic heterocycles. The molecule has 3 heterocycles. The van der Waals surface area contributed by atoms with Gasteiger partial charge in [-0.15, -0.1) is 0 Å². The molecule has 3 N–H and O–H groups in total. The van der Waals surface area contributed by atoms with Gasteiger partial charge in [-0.3, -0.25) is 4.79 Å². The van der Waals surface area contributed by atoms with Crippen molar-refractivity contribution in [2.75, 3.05) is 17.2 Å². The molecule has 8 heteroatoms. The highest BCUT2D eigenvalue weighted by atomic mass is 16.5. The van der Waals surface area contributed by atoms with Crippen LogP contribution in [0.3, 0.4) is 0 Å². The number of carbonyl (C=O) groups is 2. The second-order valence-corrected chi connectivity index (χ2v) is 8.61. The average Bonchev–Trinajstić information content (AvgIpc) is 3.05. The van der Waals surface area contributed by atoms with Crippen molar-refractivity contribution in [1.29, 1.82) is 0 Å². The first-order chi connectivity index (χ1) is 13.5. The minimum atomic E-state index is -0.993. The lowest BCUT2D eigenvalue weighted by atomic mass is 9.85. The molecule has 1 aromatic heterocycles. The summed E-state index contributed by atoms with van der Waals surface area (Å²) in [6.45, 7) is 10.0. The van der Waals surface area contributed by atoms with E-state index in [1.165, 1.54) is 0 Å². The van der Waals surface area contributed by atoms with Gasteiger partial charge in [-0.25, -0.2) is 9.69 Å². The van der Waals surface area contributed by atoms with Gasteiger partial charge in [0.05, 0.1) is 12.3 Å². The van der Waals surface area contributed by atoms with E-state index in [1.807, 2.05) is 19.1 Å². The van der Waals surface area contributed by atoms with Crippen molar-refractivity contribution < 1.29 is 19.1 Å². The number of fused-ring (bicyclic) bond motifs is 1. The number of anilines is 2. The fourth-order valence-corrected chi connectivity index (χ4v) is 3.68. The summed E-state index contributed by atoms with van der Waals surface area (Å²) in [6.07, 6.45) is 0. The van der Waals surface area contributed by atoms with Crippen LogP contribution in [0.25, 0.3) is 0 Å². The lowest BCUT2D eigenvalue weighted by molar-refractivity contribution is -0.121. The Morgan fingerprint density at radius 3 is 2.52 bits per heavy atom. The molecule has 1 aromatic carbocycles. The van der Waals surface area contributed by atoms with Crippen molar-refractivity contribution in [3.05, 3.63) is 35.4 Å². The van der Waals surface area contributed by atoms with Crippen LogP contribution in [-0.2, 0) is 10.2 Å². The number of hydrogen-bond acceptors (Lipinski definition) is 6. The highest BCUT2D eigenvalue weighted by molar-refractivity contribution is 6.24. The molecule has 1 saturated heterocycles. The third kappa shape index (κ3) is 2.95. The van der Waals surface area contributed by atoms with E-state index in [4.69, 9.17) is 15.2 Å². The minimum Gasteiger partial charge on any atom is -0.492 e. The number of aromatic nitrogens is 1. The van der Waals surface area contributed by atoms with E-state index in [-0.39, 0.29) is 28.7 Å². The van der Waals surface area contributed by atoms with Crippen LogP contribution in [0.2, 0.25) is 0 Å². The zero-order valence-corrected chi connectivity index (χ0v) is 17.1. The number of nitrogen functional groups attached to an aromatic ring is 1. The summed E-state index contributed by atoms with van der Waals surface area (Å²) in [5, 5.41) is 2.62. The number of nitrogens with one attached hydrogen (secondary N) is 1. The van der Waals surface area contributed by atoms with Gasteiger partial charge < -0.3 is 20.5 Å². The van der Waals surface area contributed by atoms with E-state index in [9.17, 15) is 9.59 Å². The number of nitrogens with zero attached hydrogens (tertiary/aromatic N) is 2. The van der Waals surface area contributed by atoms with Crippen LogP contribution in [0.4, 0.5) is 16.3 Å². The Kier molecular flexibility index (Phi) is 4.01. The molecule has 0 aliphatic carbocycles. The van der Waals surface area contributed by atoms with Gasteiger partial charge in [-0.05, 0) is 38.5 Å². The molecule has 0 saturated carbocycles. The molecule has 2 aliphatic rings. The number of urea groups is 1. The Morgan fingerprint density at radius 1 is 1.17 bits per heavy atom. The maximum atomic E-state index is 12.5. The maximum Gasteiger partial charge on any atom is 0.329 e. The zero-order chi connectivity index (χ0) is 21.1. The zero-order valence-electron chi connectivity index (χ0n) is 17.1. The van der Waals surface area contributed by atoms with Gasteiger partial charge in [0.1, 0.15) is 17.0 Å². The van der Waals surface area contributed by atoms with Gasteiger partial charge >= 0.3 is 6.03 Å². The number of benzene rings is 1. The molecule has 2 aromatic rings. The Bertz CT molecular complexity index is 1050. The molecule has 4 rings (SSSR count). The van der Waals surface area contributed by atoms with Gasteiger partial charge in [0.25, 0.3) is 5.91 Å². The molecule has 0 bridgehead atoms. The van der Waals surface area contributed by atoms with Gasteiger partial charge in [0.2, 0.25) is 5.88 Å². The van der Waals surface area contributed by atoms with E-state index >= 15 is 0 Å². The fraction of sp³-hybridized carbons (Fsp3) is 0.381. The quantitative estimate of drug-likeness (QED) is 0.771. The van der Waals surface area contributed by atoms with Gasteiger partial charge in [0, 0.05) is 17.0 Å². The number of imide groups is 1. The van der Waals surface area contributed by atoms with Gasteiger partial charge in [0.15, 0.2) is 5.82 Å². The second kappa shape index (κ2) is 6.10. The summed E-state index contributed by atoms with van der Waals surface area (Å²) in [7, 11) is 0. The molecule has 0 atom stereocenters. The minimum absolute atomic E-state index is 0.0305. The normalized spacial score (nSPS) is 19.0. The molecule has 8 nitrogen and oxygen atoms in total. The van der Waals surface area contributed by atoms with E-state index in [0.717, 1.165) is 21.8 Å². The first kappa shape index (κ1) is 19.0. The Morgan fingerprint density at radius 2 is 1.90 bits per heavy atom. The molecule has 1 fully saturated rings. The molecule has 0 spiro atoms. The highest BCUT2D eigenvalue weighted by Crippen LogP contribution is 2.47. The lowest BCUT2D eigenvalue weighted by Gasteiger charge is -2.20. The van der Waals surface area contributed by atoms with Crippen molar-refractivity contribution in [3.63, 3.8) is 0 Å².